The molecule has 0 radical (unpaired) electrons. The van der Waals surface area contributed by atoms with Crippen LogP contribution in [0.5, 0.6) is 0 Å². The van der Waals surface area contributed by atoms with Crippen LogP contribution < -0.4 is 0 Å². The molecule has 0 bridgehead atoms. The van der Waals surface area contributed by atoms with E-state index in [1.165, 1.54) is 0 Å². The van der Waals surface area contributed by atoms with E-state index in [1.807, 2.05) is 38.1 Å². The average Bonchev–Trinajstić information content (AvgIpc) is 2.18. The van der Waals surface area contributed by atoms with Gasteiger partial charge >= 0.3 is 0 Å². The molecule has 1 rings (SSSR count). The molecule has 14 heavy (non-hydrogen) atoms. The summed E-state index contributed by atoms with van der Waals surface area (Å²) in [7, 11) is 0. The van der Waals surface area contributed by atoms with Gasteiger partial charge in [0.1, 0.15) is 0 Å². The summed E-state index contributed by atoms with van der Waals surface area (Å²) in [6.45, 7) is 4.75. The van der Waals surface area contributed by atoms with Crippen molar-refractivity contribution in [2.75, 3.05) is 6.61 Å². The molecule has 0 N–H and O–H groups in total. The van der Waals surface area contributed by atoms with Crippen LogP contribution in [0.2, 0.25) is 0 Å². The van der Waals surface area contributed by atoms with Crippen LogP contribution >= 0.6 is 0 Å². The first kappa shape index (κ1) is 10.7. The van der Waals surface area contributed by atoms with Gasteiger partial charge in [-0.15, -0.1) is 0 Å². The average molecular weight is 189 g/mol. The lowest BCUT2D eigenvalue weighted by Crippen LogP contribution is -2.06. The molecule has 0 aliphatic heterocycles. The summed E-state index contributed by atoms with van der Waals surface area (Å²) in [4.78, 5) is 0. The molecule has 0 heterocycles. The molecule has 1 aromatic rings. The van der Waals surface area contributed by atoms with Crippen LogP contribution in [0.1, 0.15) is 25.0 Å². The zero-order valence-electron chi connectivity index (χ0n) is 8.66. The van der Waals surface area contributed by atoms with Crippen molar-refractivity contribution in [3.8, 4) is 6.07 Å². The quantitative estimate of drug-likeness (QED) is 0.729. The zero-order valence-corrected chi connectivity index (χ0v) is 8.66. The maximum atomic E-state index is 8.69. The van der Waals surface area contributed by atoms with E-state index in [1.54, 1.807) is 0 Å². The number of hydrogen-bond donors (Lipinski definition) is 0. The number of rotatable bonds is 4. The number of nitriles is 1. The molecule has 0 fully saturated rings. The van der Waals surface area contributed by atoms with Gasteiger partial charge in [-0.3, -0.25) is 0 Å². The van der Waals surface area contributed by atoms with Gasteiger partial charge in [0.2, 0.25) is 0 Å². The van der Waals surface area contributed by atoms with E-state index in [4.69, 9.17) is 10.00 Å². The predicted octanol–water partition coefficient (Wildman–Crippen LogP) is 2.53. The van der Waals surface area contributed by atoms with Crippen LogP contribution in [-0.4, -0.2) is 12.7 Å². The van der Waals surface area contributed by atoms with Crippen molar-refractivity contribution in [2.24, 2.45) is 0 Å². The fourth-order valence-corrected chi connectivity index (χ4v) is 1.21. The summed E-state index contributed by atoms with van der Waals surface area (Å²) in [5.41, 5.74) is 1.87. The second-order valence-electron chi connectivity index (χ2n) is 3.48. The molecular weight excluding hydrogens is 174 g/mol. The Morgan fingerprint density at radius 1 is 1.43 bits per heavy atom. The Kier molecular flexibility index (Phi) is 4.15. The van der Waals surface area contributed by atoms with Crippen molar-refractivity contribution in [1.29, 1.82) is 5.26 Å². The van der Waals surface area contributed by atoms with Crippen LogP contribution in [-0.2, 0) is 11.2 Å². The second-order valence-corrected chi connectivity index (χ2v) is 3.48. The summed E-state index contributed by atoms with van der Waals surface area (Å²) in [5.74, 6) is 0. The van der Waals surface area contributed by atoms with Gasteiger partial charge in [0.05, 0.1) is 24.3 Å². The standard InChI is InChI=1S/C12H15NO/c1-10(2)14-7-6-11-4-3-5-12(8-11)9-13/h3-5,8,10H,6-7H2,1-2H3. The van der Waals surface area contributed by atoms with Crippen molar-refractivity contribution >= 4 is 0 Å². The highest BCUT2D eigenvalue weighted by Gasteiger charge is 1.97. The normalized spacial score (nSPS) is 10.1. The van der Waals surface area contributed by atoms with Crippen molar-refractivity contribution in [3.05, 3.63) is 35.4 Å². The summed E-state index contributed by atoms with van der Waals surface area (Å²) in [5, 5.41) is 8.69. The number of hydrogen-bond acceptors (Lipinski definition) is 2. The summed E-state index contributed by atoms with van der Waals surface area (Å²) in [6.07, 6.45) is 1.14. The SMILES string of the molecule is CC(C)OCCc1cccc(C#N)c1. The fraction of sp³-hybridized carbons (Fsp3) is 0.417. The molecule has 1 aromatic carbocycles. The number of benzene rings is 1. The Labute approximate surface area is 85.1 Å². The molecule has 0 saturated carbocycles. The lowest BCUT2D eigenvalue weighted by atomic mass is 10.1. The van der Waals surface area contributed by atoms with Crippen molar-refractivity contribution in [3.63, 3.8) is 0 Å². The molecule has 0 amide bonds. The topological polar surface area (TPSA) is 33.0 Å². The summed E-state index contributed by atoms with van der Waals surface area (Å²) >= 11 is 0. The van der Waals surface area contributed by atoms with Gasteiger partial charge in [-0.1, -0.05) is 12.1 Å². The minimum absolute atomic E-state index is 0.272. The van der Waals surface area contributed by atoms with Crippen molar-refractivity contribution in [2.45, 2.75) is 26.4 Å². The Balaban J connectivity index is 2.47. The maximum absolute atomic E-state index is 8.69. The van der Waals surface area contributed by atoms with Gasteiger partial charge in [-0.2, -0.15) is 5.26 Å². The van der Waals surface area contributed by atoms with E-state index < -0.39 is 0 Å². The number of ether oxygens (including phenoxy) is 1. The van der Waals surface area contributed by atoms with Crippen molar-refractivity contribution < 1.29 is 4.74 Å². The van der Waals surface area contributed by atoms with Gasteiger partial charge < -0.3 is 4.74 Å². The molecule has 0 saturated heterocycles. The molecule has 0 atom stereocenters. The third kappa shape index (κ3) is 3.59. The summed E-state index contributed by atoms with van der Waals surface area (Å²) < 4.78 is 5.44. The molecule has 0 aliphatic carbocycles. The van der Waals surface area contributed by atoms with Gasteiger partial charge in [0, 0.05) is 0 Å². The molecule has 0 aliphatic rings. The molecule has 2 heteroatoms. The van der Waals surface area contributed by atoms with E-state index in [0.717, 1.165) is 12.0 Å². The van der Waals surface area contributed by atoms with E-state index in [-0.39, 0.29) is 6.10 Å². The highest BCUT2D eigenvalue weighted by atomic mass is 16.5. The minimum atomic E-state index is 0.272. The largest absolute Gasteiger partial charge is 0.378 e. The third-order valence-corrected chi connectivity index (χ3v) is 1.90. The fourth-order valence-electron chi connectivity index (χ4n) is 1.21. The van der Waals surface area contributed by atoms with Gasteiger partial charge in [0.25, 0.3) is 0 Å². The van der Waals surface area contributed by atoms with Gasteiger partial charge in [-0.05, 0) is 38.0 Å². The molecule has 0 unspecified atom stereocenters. The van der Waals surface area contributed by atoms with Crippen molar-refractivity contribution in [1.82, 2.24) is 0 Å². The highest BCUT2D eigenvalue weighted by Crippen LogP contribution is 2.05. The first-order chi connectivity index (χ1) is 6.72. The Bertz CT molecular complexity index is 325. The molecule has 0 spiro atoms. The Hall–Kier alpha value is -1.33. The van der Waals surface area contributed by atoms with Crippen LogP contribution in [0.4, 0.5) is 0 Å². The maximum Gasteiger partial charge on any atom is 0.0991 e. The predicted molar refractivity (Wildman–Crippen MR) is 55.9 cm³/mol. The second kappa shape index (κ2) is 5.41. The Morgan fingerprint density at radius 3 is 2.86 bits per heavy atom. The van der Waals surface area contributed by atoms with Crippen LogP contribution in [0, 0.1) is 11.3 Å². The third-order valence-electron chi connectivity index (χ3n) is 1.90. The first-order valence-electron chi connectivity index (χ1n) is 4.83. The smallest absolute Gasteiger partial charge is 0.0991 e. The van der Waals surface area contributed by atoms with Gasteiger partial charge in [0.15, 0.2) is 0 Å². The van der Waals surface area contributed by atoms with Crippen LogP contribution in [0.15, 0.2) is 24.3 Å². The molecule has 2 nitrogen and oxygen atoms in total. The highest BCUT2D eigenvalue weighted by molar-refractivity contribution is 5.32. The van der Waals surface area contributed by atoms with Crippen LogP contribution in [0.3, 0.4) is 0 Å². The monoisotopic (exact) mass is 189 g/mol. The van der Waals surface area contributed by atoms with Crippen LogP contribution in [0.25, 0.3) is 0 Å². The molecule has 74 valence electrons. The first-order valence-corrected chi connectivity index (χ1v) is 4.83. The zero-order chi connectivity index (χ0) is 10.4. The van der Waals surface area contributed by atoms with Gasteiger partial charge in [-0.25, -0.2) is 0 Å². The van der Waals surface area contributed by atoms with E-state index >= 15 is 0 Å². The summed E-state index contributed by atoms with van der Waals surface area (Å²) in [6, 6.07) is 9.77. The minimum Gasteiger partial charge on any atom is -0.378 e. The van der Waals surface area contributed by atoms with E-state index in [0.29, 0.717) is 12.2 Å². The Morgan fingerprint density at radius 2 is 2.21 bits per heavy atom. The molecule has 0 aromatic heterocycles. The van der Waals surface area contributed by atoms with E-state index in [2.05, 4.69) is 6.07 Å². The lowest BCUT2D eigenvalue weighted by molar-refractivity contribution is 0.0813. The number of nitrogens with zero attached hydrogens (tertiary/aromatic N) is 1. The van der Waals surface area contributed by atoms with E-state index in [9.17, 15) is 0 Å². The lowest BCUT2D eigenvalue weighted by Gasteiger charge is -2.07. The molecular formula is C12H15NO.